The lowest BCUT2D eigenvalue weighted by Gasteiger charge is -2.09. The molecule has 3 rings (SSSR count). The summed E-state index contributed by atoms with van der Waals surface area (Å²) in [4.78, 5) is 4.02. The molecule has 1 aromatic heterocycles. The normalized spacial score (nSPS) is 10.8. The molecule has 3 aromatic rings. The highest BCUT2D eigenvalue weighted by atomic mass is 79.9. The summed E-state index contributed by atoms with van der Waals surface area (Å²) in [6.07, 6.45) is 0. The maximum absolute atomic E-state index is 14.1. The average molecular weight is 349 g/mol. The van der Waals surface area contributed by atoms with Crippen molar-refractivity contribution in [2.24, 2.45) is 0 Å². The van der Waals surface area contributed by atoms with Crippen LogP contribution in [0.3, 0.4) is 0 Å². The van der Waals surface area contributed by atoms with Crippen LogP contribution >= 0.6 is 15.9 Å². The van der Waals surface area contributed by atoms with E-state index in [0.29, 0.717) is 15.7 Å². The van der Waals surface area contributed by atoms with Crippen molar-refractivity contribution in [3.63, 3.8) is 0 Å². The minimum atomic E-state index is -1.02. The number of nitrogen functional groups attached to an aromatic ring is 1. The number of halogens is 3. The molecule has 21 heavy (non-hydrogen) atoms. The second kappa shape index (κ2) is 4.82. The number of nitrogens with zero attached hydrogens (tertiary/aromatic N) is 3. The van der Waals surface area contributed by atoms with Crippen molar-refractivity contribution in [3.8, 4) is 11.8 Å². The fraction of sp³-hybridized carbons (Fsp3) is 0. The molecule has 0 aliphatic heterocycles. The molecule has 4 nitrogen and oxygen atoms in total. The predicted octanol–water partition coefficient (Wildman–Crippen LogP) is 3.52. The number of imidazole rings is 1. The molecule has 7 heteroatoms. The van der Waals surface area contributed by atoms with E-state index in [0.717, 1.165) is 6.07 Å². The van der Waals surface area contributed by atoms with Crippen LogP contribution in [0.5, 0.6) is 0 Å². The predicted molar refractivity (Wildman–Crippen MR) is 77.8 cm³/mol. The van der Waals surface area contributed by atoms with Crippen molar-refractivity contribution in [1.29, 1.82) is 5.26 Å². The van der Waals surface area contributed by atoms with Crippen LogP contribution in [-0.4, -0.2) is 9.55 Å². The van der Waals surface area contributed by atoms with Gasteiger partial charge in [-0.2, -0.15) is 5.26 Å². The van der Waals surface area contributed by atoms with E-state index in [1.54, 1.807) is 18.2 Å². The van der Waals surface area contributed by atoms with Crippen molar-refractivity contribution < 1.29 is 8.78 Å². The third kappa shape index (κ3) is 2.04. The van der Waals surface area contributed by atoms with Crippen LogP contribution in [0.4, 0.5) is 14.7 Å². The summed E-state index contributed by atoms with van der Waals surface area (Å²) < 4.78 is 29.4. The van der Waals surface area contributed by atoms with Crippen LogP contribution in [0.15, 0.2) is 34.8 Å². The smallest absolute Gasteiger partial charge is 0.206 e. The second-order valence-corrected chi connectivity index (χ2v) is 5.17. The van der Waals surface area contributed by atoms with Crippen molar-refractivity contribution in [3.05, 3.63) is 52.0 Å². The van der Waals surface area contributed by atoms with E-state index in [-0.39, 0.29) is 17.0 Å². The Hall–Kier alpha value is -2.46. The Morgan fingerprint density at radius 2 is 2.00 bits per heavy atom. The minimum Gasteiger partial charge on any atom is -0.369 e. The van der Waals surface area contributed by atoms with Gasteiger partial charge in [-0.25, -0.2) is 13.8 Å². The van der Waals surface area contributed by atoms with Crippen molar-refractivity contribution in [1.82, 2.24) is 9.55 Å². The molecule has 0 unspecified atom stereocenters. The first-order valence-electron chi connectivity index (χ1n) is 5.85. The van der Waals surface area contributed by atoms with Gasteiger partial charge in [0.1, 0.15) is 5.52 Å². The van der Waals surface area contributed by atoms with E-state index in [1.165, 1.54) is 10.6 Å². The zero-order chi connectivity index (χ0) is 15.1. The summed E-state index contributed by atoms with van der Waals surface area (Å²) in [5.74, 6) is -1.97. The molecule has 0 spiro atoms. The summed E-state index contributed by atoms with van der Waals surface area (Å²) in [5.41, 5.74) is 6.93. The van der Waals surface area contributed by atoms with Gasteiger partial charge >= 0.3 is 0 Å². The van der Waals surface area contributed by atoms with Crippen LogP contribution in [0.25, 0.3) is 16.7 Å². The zero-order valence-electron chi connectivity index (χ0n) is 10.4. The van der Waals surface area contributed by atoms with E-state index in [9.17, 15) is 8.78 Å². The van der Waals surface area contributed by atoms with E-state index in [4.69, 9.17) is 11.0 Å². The number of nitriles is 1. The number of fused-ring (bicyclic) bond motifs is 1. The number of hydrogen-bond acceptors (Lipinski definition) is 3. The van der Waals surface area contributed by atoms with Gasteiger partial charge in [-0.1, -0.05) is 0 Å². The van der Waals surface area contributed by atoms with Gasteiger partial charge in [0.15, 0.2) is 11.6 Å². The molecule has 0 aliphatic carbocycles. The first-order chi connectivity index (χ1) is 10.0. The van der Waals surface area contributed by atoms with E-state index >= 15 is 0 Å². The van der Waals surface area contributed by atoms with Crippen molar-refractivity contribution in [2.75, 3.05) is 5.73 Å². The highest BCUT2D eigenvalue weighted by molar-refractivity contribution is 9.10. The highest BCUT2D eigenvalue weighted by Gasteiger charge is 2.18. The van der Waals surface area contributed by atoms with Crippen molar-refractivity contribution in [2.45, 2.75) is 0 Å². The maximum atomic E-state index is 14.1. The Bertz CT molecular complexity index is 911. The molecule has 2 N–H and O–H groups in total. The van der Waals surface area contributed by atoms with Gasteiger partial charge in [-0.3, -0.25) is 4.57 Å². The number of anilines is 1. The van der Waals surface area contributed by atoms with Crippen LogP contribution in [0.1, 0.15) is 5.56 Å². The molecule has 0 bridgehead atoms. The summed E-state index contributed by atoms with van der Waals surface area (Å²) in [6, 6.07) is 9.07. The fourth-order valence-corrected chi connectivity index (χ4v) is 2.68. The molecule has 0 amide bonds. The van der Waals surface area contributed by atoms with Crippen molar-refractivity contribution >= 4 is 32.9 Å². The van der Waals surface area contributed by atoms with E-state index < -0.39 is 11.6 Å². The molecular formula is C14H7BrF2N4. The van der Waals surface area contributed by atoms with Crippen LogP contribution in [0, 0.1) is 23.0 Å². The zero-order valence-corrected chi connectivity index (χ0v) is 12.0. The SMILES string of the molecule is N#Cc1ccc(-n2c(N)nc3ccc(F)c(F)c32)c(Br)c1. The fourth-order valence-electron chi connectivity index (χ4n) is 2.12. The lowest BCUT2D eigenvalue weighted by Crippen LogP contribution is -2.03. The molecule has 104 valence electrons. The first kappa shape index (κ1) is 13.5. The van der Waals surface area contributed by atoms with Crippen LogP contribution in [0.2, 0.25) is 0 Å². The monoisotopic (exact) mass is 348 g/mol. The quantitative estimate of drug-likeness (QED) is 0.731. The van der Waals surface area contributed by atoms with E-state index in [1.807, 2.05) is 6.07 Å². The number of nitrogens with two attached hydrogens (primary N) is 1. The Balaban J connectivity index is 2.38. The molecule has 0 atom stereocenters. The lowest BCUT2D eigenvalue weighted by atomic mass is 10.2. The van der Waals surface area contributed by atoms with Gasteiger partial charge in [0.25, 0.3) is 0 Å². The molecule has 0 saturated carbocycles. The van der Waals surface area contributed by atoms with Gasteiger partial charge in [-0.05, 0) is 46.3 Å². The van der Waals surface area contributed by atoms with Crippen LogP contribution < -0.4 is 5.73 Å². The summed E-state index contributed by atoms with van der Waals surface area (Å²) >= 11 is 3.30. The highest BCUT2D eigenvalue weighted by Crippen LogP contribution is 2.31. The minimum absolute atomic E-state index is 0.0277. The topological polar surface area (TPSA) is 67.6 Å². The molecule has 0 saturated heterocycles. The first-order valence-corrected chi connectivity index (χ1v) is 6.64. The third-order valence-corrected chi connectivity index (χ3v) is 3.69. The second-order valence-electron chi connectivity index (χ2n) is 4.31. The van der Waals surface area contributed by atoms with E-state index in [2.05, 4.69) is 20.9 Å². The maximum Gasteiger partial charge on any atom is 0.206 e. The summed E-state index contributed by atoms with van der Waals surface area (Å²) in [7, 11) is 0. The molecule has 2 aromatic carbocycles. The third-order valence-electron chi connectivity index (χ3n) is 3.05. The number of aromatic nitrogens is 2. The Morgan fingerprint density at radius 1 is 1.24 bits per heavy atom. The number of hydrogen-bond donors (Lipinski definition) is 1. The average Bonchev–Trinajstić information content (AvgIpc) is 2.80. The Morgan fingerprint density at radius 3 is 2.67 bits per heavy atom. The molecule has 0 radical (unpaired) electrons. The number of benzene rings is 2. The summed E-state index contributed by atoms with van der Waals surface area (Å²) in [6.45, 7) is 0. The molecular weight excluding hydrogens is 342 g/mol. The van der Waals surface area contributed by atoms with Gasteiger partial charge < -0.3 is 5.73 Å². The molecule has 0 fully saturated rings. The Kier molecular flexibility index (Phi) is 3.11. The molecule has 1 heterocycles. The van der Waals surface area contributed by atoms with Crippen LogP contribution in [-0.2, 0) is 0 Å². The van der Waals surface area contributed by atoms with Gasteiger partial charge in [0.05, 0.1) is 22.8 Å². The standard InChI is InChI=1S/C14H7BrF2N4/c15-8-5-7(6-18)1-4-11(8)21-13-10(20-14(21)19)3-2-9(16)12(13)17/h1-5H,(H2,19,20). The summed E-state index contributed by atoms with van der Waals surface area (Å²) in [5, 5.41) is 8.87. The lowest BCUT2D eigenvalue weighted by molar-refractivity contribution is 0.514. The van der Waals surface area contributed by atoms with Gasteiger partial charge in [0.2, 0.25) is 5.95 Å². The largest absolute Gasteiger partial charge is 0.369 e. The Labute approximate surface area is 126 Å². The molecule has 0 aliphatic rings. The van der Waals surface area contributed by atoms with Gasteiger partial charge in [0, 0.05) is 4.47 Å². The number of rotatable bonds is 1. The van der Waals surface area contributed by atoms with Gasteiger partial charge in [-0.15, -0.1) is 0 Å².